The third-order valence-electron chi connectivity index (χ3n) is 6.85. The summed E-state index contributed by atoms with van der Waals surface area (Å²) in [5.74, 6) is -4.03. The van der Waals surface area contributed by atoms with Crippen LogP contribution in [-0.4, -0.2) is 51.3 Å². The van der Waals surface area contributed by atoms with Crippen LogP contribution in [0.3, 0.4) is 0 Å². The van der Waals surface area contributed by atoms with Gasteiger partial charge in [0.05, 0.1) is 5.41 Å². The highest BCUT2D eigenvalue weighted by atomic mass is 32.2. The van der Waals surface area contributed by atoms with E-state index in [0.29, 0.717) is 42.7 Å². The first-order valence-corrected chi connectivity index (χ1v) is 14.5. The topological polar surface area (TPSA) is 86.8 Å². The average Bonchev–Trinajstić information content (AvgIpc) is 2.94. The molecule has 0 saturated carbocycles. The summed E-state index contributed by atoms with van der Waals surface area (Å²) in [5, 5.41) is 0.869. The number of carbonyl (C=O) groups is 2. The molecule has 1 aliphatic heterocycles. The van der Waals surface area contributed by atoms with E-state index in [0.717, 1.165) is 5.41 Å². The highest BCUT2D eigenvalue weighted by Gasteiger charge is 2.37. The van der Waals surface area contributed by atoms with Crippen LogP contribution in [0.25, 0.3) is 6.08 Å². The molecule has 1 N–H and O–H groups in total. The second-order valence-electron chi connectivity index (χ2n) is 9.83. The maximum absolute atomic E-state index is 14.2. The van der Waals surface area contributed by atoms with Crippen molar-refractivity contribution in [3.8, 4) is 0 Å². The first kappa shape index (κ1) is 29.1. The molecule has 4 rings (SSSR count). The minimum Gasteiger partial charge on any atom is -0.309 e. The van der Waals surface area contributed by atoms with Crippen molar-refractivity contribution in [2.24, 2.45) is 5.92 Å². The second kappa shape index (κ2) is 13.0. The van der Waals surface area contributed by atoms with Crippen LogP contribution in [0.1, 0.15) is 24.0 Å². The van der Waals surface area contributed by atoms with Crippen LogP contribution in [0.2, 0.25) is 0 Å². The predicted molar refractivity (Wildman–Crippen MR) is 151 cm³/mol. The Hall–Kier alpha value is -3.89. The molecule has 1 aliphatic rings. The van der Waals surface area contributed by atoms with E-state index >= 15 is 0 Å². The number of carbonyl (C=O) groups excluding carboxylic acids is 2. The Morgan fingerprint density at radius 2 is 1.52 bits per heavy atom. The van der Waals surface area contributed by atoms with Crippen molar-refractivity contribution in [2.45, 2.75) is 25.3 Å². The maximum atomic E-state index is 14.2. The molecule has 0 radical (unpaired) electrons. The van der Waals surface area contributed by atoms with Gasteiger partial charge in [-0.3, -0.25) is 9.59 Å². The van der Waals surface area contributed by atoms with Gasteiger partial charge in [-0.2, -0.15) is 0 Å². The lowest BCUT2D eigenvalue weighted by molar-refractivity contribution is -0.133. The smallest absolute Gasteiger partial charge is 0.257 e. The van der Waals surface area contributed by atoms with Crippen molar-refractivity contribution in [3.05, 3.63) is 107 Å². The number of piperidine rings is 1. The van der Waals surface area contributed by atoms with E-state index in [1.165, 1.54) is 59.5 Å². The van der Waals surface area contributed by atoms with E-state index in [9.17, 15) is 26.8 Å². The Balaban J connectivity index is 1.66. The molecule has 0 spiro atoms. The number of likely N-dealkylation sites (tertiary alicyclic amines) is 1. The highest BCUT2D eigenvalue weighted by molar-refractivity contribution is 7.93. The molecule has 1 heterocycles. The van der Waals surface area contributed by atoms with E-state index in [4.69, 9.17) is 0 Å². The minimum absolute atomic E-state index is 0.160. The molecular formula is C30H31F2N3O4S. The Morgan fingerprint density at radius 3 is 2.12 bits per heavy atom. The van der Waals surface area contributed by atoms with Crippen molar-refractivity contribution in [3.63, 3.8) is 0 Å². The molecule has 1 unspecified atom stereocenters. The van der Waals surface area contributed by atoms with E-state index < -0.39 is 39.4 Å². The normalized spacial score (nSPS) is 15.6. The molecular weight excluding hydrogens is 536 g/mol. The standard InChI is InChI=1S/C30H31F2N3O4S/c1-34-18-15-27(16-19-34)35(26-13-11-25(32)12-14-26)30(37)28(21-23-7-9-24(31)10-8-23)29(36)33-40(38,39)20-17-22-5-3-2-4-6-22/h2-14,17,20,27-28H,15-16,18-19,21H2,1H3,(H,33,36)/b20-17+. The first-order valence-electron chi connectivity index (χ1n) is 12.9. The molecule has 7 nitrogen and oxygen atoms in total. The predicted octanol–water partition coefficient (Wildman–Crippen LogP) is 4.37. The van der Waals surface area contributed by atoms with Gasteiger partial charge in [-0.1, -0.05) is 42.5 Å². The second-order valence-corrected chi connectivity index (χ2v) is 11.4. The molecule has 1 fully saturated rings. The lowest BCUT2D eigenvalue weighted by Gasteiger charge is -2.38. The van der Waals surface area contributed by atoms with Gasteiger partial charge < -0.3 is 9.80 Å². The zero-order valence-corrected chi connectivity index (χ0v) is 22.9. The summed E-state index contributed by atoms with van der Waals surface area (Å²) in [7, 11) is -2.28. The van der Waals surface area contributed by atoms with Gasteiger partial charge in [0.15, 0.2) is 0 Å². The summed E-state index contributed by atoms with van der Waals surface area (Å²) in [5.41, 5.74) is 1.50. The summed E-state index contributed by atoms with van der Waals surface area (Å²) >= 11 is 0. The number of halogens is 2. The molecule has 0 bridgehead atoms. The number of rotatable bonds is 9. The van der Waals surface area contributed by atoms with Gasteiger partial charge in [-0.15, -0.1) is 0 Å². The molecule has 1 atom stereocenters. The SMILES string of the molecule is CN1CCC(N(C(=O)C(Cc2ccc(F)cc2)C(=O)NS(=O)(=O)/C=C/c2ccccc2)c2ccc(F)cc2)CC1. The van der Waals surface area contributed by atoms with Crippen LogP contribution in [-0.2, 0) is 26.0 Å². The van der Waals surface area contributed by atoms with Crippen molar-refractivity contribution in [1.82, 2.24) is 9.62 Å². The number of hydrogen-bond donors (Lipinski definition) is 1. The molecule has 10 heteroatoms. The first-order chi connectivity index (χ1) is 19.1. The number of nitrogens with one attached hydrogen (secondary N) is 1. The summed E-state index contributed by atoms with van der Waals surface area (Å²) in [6, 6.07) is 19.1. The lowest BCUT2D eigenvalue weighted by atomic mass is 9.94. The zero-order valence-electron chi connectivity index (χ0n) is 22.0. The fourth-order valence-corrected chi connectivity index (χ4v) is 5.49. The van der Waals surface area contributed by atoms with Crippen molar-refractivity contribution in [2.75, 3.05) is 25.0 Å². The van der Waals surface area contributed by atoms with Crippen LogP contribution < -0.4 is 9.62 Å². The van der Waals surface area contributed by atoms with E-state index in [2.05, 4.69) is 4.90 Å². The minimum atomic E-state index is -4.25. The summed E-state index contributed by atoms with van der Waals surface area (Å²) in [6.45, 7) is 1.42. The number of nitrogens with zero attached hydrogens (tertiary/aromatic N) is 2. The zero-order chi connectivity index (χ0) is 28.7. The summed E-state index contributed by atoms with van der Waals surface area (Å²) in [4.78, 5) is 31.3. The van der Waals surface area contributed by atoms with Gasteiger partial charge in [-0.25, -0.2) is 21.9 Å². The van der Waals surface area contributed by atoms with Crippen molar-refractivity contribution in [1.29, 1.82) is 0 Å². The van der Waals surface area contributed by atoms with Gasteiger partial charge in [0.2, 0.25) is 11.8 Å². The molecule has 0 aromatic heterocycles. The van der Waals surface area contributed by atoms with Crippen LogP contribution in [0.15, 0.2) is 84.3 Å². The largest absolute Gasteiger partial charge is 0.309 e. The van der Waals surface area contributed by atoms with Crippen LogP contribution in [0.4, 0.5) is 14.5 Å². The van der Waals surface area contributed by atoms with Crippen LogP contribution >= 0.6 is 0 Å². The molecule has 1 saturated heterocycles. The quantitative estimate of drug-likeness (QED) is 0.388. The Morgan fingerprint density at radius 1 is 0.950 bits per heavy atom. The molecule has 3 aromatic rings. The fraction of sp³-hybridized carbons (Fsp3) is 0.267. The molecule has 2 amide bonds. The van der Waals surface area contributed by atoms with E-state index in [-0.39, 0.29) is 12.5 Å². The van der Waals surface area contributed by atoms with Gasteiger partial charge in [-0.05, 0) is 93.0 Å². The van der Waals surface area contributed by atoms with Gasteiger partial charge >= 0.3 is 0 Å². The Kier molecular flexibility index (Phi) is 9.44. The number of anilines is 1. The van der Waals surface area contributed by atoms with Gasteiger partial charge in [0.25, 0.3) is 10.0 Å². The summed E-state index contributed by atoms with van der Waals surface area (Å²) < 4.78 is 55.0. The van der Waals surface area contributed by atoms with Crippen molar-refractivity contribution < 1.29 is 26.8 Å². The average molecular weight is 568 g/mol. The monoisotopic (exact) mass is 567 g/mol. The third kappa shape index (κ3) is 7.83. The number of sulfonamides is 1. The van der Waals surface area contributed by atoms with Gasteiger partial charge in [0.1, 0.15) is 17.6 Å². The van der Waals surface area contributed by atoms with Crippen LogP contribution in [0, 0.1) is 17.6 Å². The van der Waals surface area contributed by atoms with Crippen molar-refractivity contribution >= 4 is 33.6 Å². The highest BCUT2D eigenvalue weighted by Crippen LogP contribution is 2.27. The lowest BCUT2D eigenvalue weighted by Crippen LogP contribution is -2.52. The van der Waals surface area contributed by atoms with Crippen LogP contribution in [0.5, 0.6) is 0 Å². The van der Waals surface area contributed by atoms with E-state index in [1.54, 1.807) is 30.3 Å². The molecule has 3 aromatic carbocycles. The number of benzene rings is 3. The number of hydrogen-bond acceptors (Lipinski definition) is 5. The molecule has 40 heavy (non-hydrogen) atoms. The Bertz CT molecular complexity index is 1440. The molecule has 0 aliphatic carbocycles. The summed E-state index contributed by atoms with van der Waals surface area (Å²) in [6.07, 6.45) is 2.41. The Labute approximate surface area is 233 Å². The fourth-order valence-electron chi connectivity index (χ4n) is 4.67. The maximum Gasteiger partial charge on any atom is 0.257 e. The van der Waals surface area contributed by atoms with E-state index in [1.807, 2.05) is 11.8 Å². The van der Waals surface area contributed by atoms with Gasteiger partial charge in [0, 0.05) is 11.7 Å². The number of amides is 2. The third-order valence-corrected chi connectivity index (χ3v) is 7.83. The molecule has 210 valence electrons.